The lowest BCUT2D eigenvalue weighted by Gasteiger charge is -2.18. The van der Waals surface area contributed by atoms with E-state index in [2.05, 4.69) is 46.4 Å². The Morgan fingerprint density at radius 1 is 1.10 bits per heavy atom. The summed E-state index contributed by atoms with van der Waals surface area (Å²) in [5, 5.41) is 10.4. The Hall–Kier alpha value is -3.42. The number of carbonyl (C=O) groups excluding carboxylic acids is 2. The number of nitrogens with one attached hydrogen (secondary N) is 2. The number of benzene rings is 1. The fourth-order valence-electron chi connectivity index (χ4n) is 3.78. The van der Waals surface area contributed by atoms with Gasteiger partial charge in [0.15, 0.2) is 11.5 Å². The molecule has 8 nitrogen and oxygen atoms in total. The van der Waals surface area contributed by atoms with Crippen LogP contribution in [0.5, 0.6) is 0 Å². The van der Waals surface area contributed by atoms with Gasteiger partial charge < -0.3 is 15.5 Å². The molecule has 3 aromatic rings. The highest BCUT2D eigenvalue weighted by atomic mass is 16.2. The second-order valence-corrected chi connectivity index (χ2v) is 9.03. The highest BCUT2D eigenvalue weighted by molar-refractivity contribution is 6.03. The molecule has 2 amide bonds. The van der Waals surface area contributed by atoms with Gasteiger partial charge in [-0.05, 0) is 41.7 Å². The summed E-state index contributed by atoms with van der Waals surface area (Å²) in [4.78, 5) is 30.5. The van der Waals surface area contributed by atoms with Crippen molar-refractivity contribution in [1.29, 1.82) is 0 Å². The second-order valence-electron chi connectivity index (χ2n) is 9.03. The average molecular weight is 421 g/mol. The Morgan fingerprint density at radius 2 is 1.84 bits per heavy atom. The smallest absolute Gasteiger partial charge is 0.256 e. The molecule has 162 valence electrons. The predicted molar refractivity (Wildman–Crippen MR) is 121 cm³/mol. The number of rotatable bonds is 4. The van der Waals surface area contributed by atoms with E-state index >= 15 is 0 Å². The fraction of sp³-hybridized carbons (Fsp3) is 0.391. The van der Waals surface area contributed by atoms with Gasteiger partial charge in [-0.1, -0.05) is 32.9 Å². The van der Waals surface area contributed by atoms with Crippen molar-refractivity contribution in [1.82, 2.24) is 19.9 Å². The molecule has 0 aliphatic carbocycles. The number of hydrogen-bond donors (Lipinski definition) is 2. The zero-order valence-corrected chi connectivity index (χ0v) is 18.3. The van der Waals surface area contributed by atoms with Crippen molar-refractivity contribution in [2.75, 3.05) is 23.3 Å². The molecule has 8 heteroatoms. The van der Waals surface area contributed by atoms with Crippen molar-refractivity contribution < 1.29 is 9.59 Å². The van der Waals surface area contributed by atoms with Gasteiger partial charge in [0.25, 0.3) is 5.91 Å². The van der Waals surface area contributed by atoms with Crippen LogP contribution in [0.3, 0.4) is 0 Å². The largest absolute Gasteiger partial charge is 0.353 e. The minimum absolute atomic E-state index is 0.0155. The van der Waals surface area contributed by atoms with E-state index in [4.69, 9.17) is 0 Å². The lowest BCUT2D eigenvalue weighted by Crippen LogP contribution is -2.35. The molecule has 1 aromatic carbocycles. The van der Waals surface area contributed by atoms with E-state index in [9.17, 15) is 9.59 Å². The highest BCUT2D eigenvalue weighted by Gasteiger charge is 2.24. The lowest BCUT2D eigenvalue weighted by molar-refractivity contribution is -0.119. The third-order valence-electron chi connectivity index (χ3n) is 5.48. The summed E-state index contributed by atoms with van der Waals surface area (Å²) in [6, 6.07) is 11.6. The average Bonchev–Trinajstić information content (AvgIpc) is 3.32. The van der Waals surface area contributed by atoms with E-state index in [1.807, 2.05) is 36.4 Å². The van der Waals surface area contributed by atoms with Crippen molar-refractivity contribution in [3.05, 3.63) is 53.7 Å². The minimum Gasteiger partial charge on any atom is -0.353 e. The van der Waals surface area contributed by atoms with Crippen LogP contribution in [-0.4, -0.2) is 45.5 Å². The van der Waals surface area contributed by atoms with Gasteiger partial charge in [0, 0.05) is 31.6 Å². The molecular formula is C23H28N6O2. The van der Waals surface area contributed by atoms with Gasteiger partial charge in [-0.15, -0.1) is 5.10 Å². The minimum atomic E-state index is -0.207. The zero-order chi connectivity index (χ0) is 22.2. The number of hydrogen-bond acceptors (Lipinski definition) is 5. The monoisotopic (exact) mass is 420 g/mol. The Bertz CT molecular complexity index is 1110. The number of imidazole rings is 1. The van der Waals surface area contributed by atoms with E-state index < -0.39 is 0 Å². The van der Waals surface area contributed by atoms with Crippen LogP contribution in [0, 0.1) is 0 Å². The summed E-state index contributed by atoms with van der Waals surface area (Å²) in [7, 11) is 0. The normalized spacial score (nSPS) is 16.5. The Labute approximate surface area is 181 Å². The first kappa shape index (κ1) is 20.8. The van der Waals surface area contributed by atoms with Gasteiger partial charge in [-0.2, -0.15) is 0 Å². The van der Waals surface area contributed by atoms with Crippen LogP contribution in [0.15, 0.2) is 42.6 Å². The van der Waals surface area contributed by atoms with E-state index in [0.29, 0.717) is 17.0 Å². The first-order chi connectivity index (χ1) is 14.7. The molecule has 4 rings (SSSR count). The van der Waals surface area contributed by atoms with Crippen LogP contribution in [0.2, 0.25) is 0 Å². The van der Waals surface area contributed by atoms with Crippen LogP contribution < -0.4 is 15.5 Å². The molecule has 1 fully saturated rings. The van der Waals surface area contributed by atoms with Crippen molar-refractivity contribution >= 4 is 29.1 Å². The topological polar surface area (TPSA) is 91.6 Å². The molecule has 0 bridgehead atoms. The molecule has 2 aromatic heterocycles. The van der Waals surface area contributed by atoms with Gasteiger partial charge >= 0.3 is 0 Å². The van der Waals surface area contributed by atoms with Crippen LogP contribution >= 0.6 is 0 Å². The number of carbonyl (C=O) groups is 2. The van der Waals surface area contributed by atoms with Gasteiger partial charge in [0.1, 0.15) is 5.82 Å². The maximum Gasteiger partial charge on any atom is 0.256 e. The van der Waals surface area contributed by atoms with Crippen molar-refractivity contribution in [2.45, 2.75) is 45.6 Å². The fourth-order valence-corrected chi connectivity index (χ4v) is 3.78. The summed E-state index contributed by atoms with van der Waals surface area (Å²) in [5.74, 6) is 1.04. The number of fused-ring (bicyclic) bond motifs is 1. The molecular weight excluding hydrogens is 392 g/mol. The molecule has 1 atom stereocenters. The highest BCUT2D eigenvalue weighted by Crippen LogP contribution is 2.23. The van der Waals surface area contributed by atoms with Crippen LogP contribution in [0.25, 0.3) is 5.65 Å². The number of anilines is 2. The predicted octanol–water partition coefficient (Wildman–Crippen LogP) is 2.99. The Kier molecular flexibility index (Phi) is 5.39. The van der Waals surface area contributed by atoms with Gasteiger partial charge in [-0.25, -0.2) is 9.50 Å². The summed E-state index contributed by atoms with van der Waals surface area (Å²) >= 11 is 0. The molecule has 1 unspecified atom stereocenters. The van der Waals surface area contributed by atoms with E-state index in [1.54, 1.807) is 10.7 Å². The van der Waals surface area contributed by atoms with E-state index in [0.717, 1.165) is 25.3 Å². The third kappa shape index (κ3) is 4.68. The Balaban J connectivity index is 1.46. The van der Waals surface area contributed by atoms with Gasteiger partial charge in [0.2, 0.25) is 5.91 Å². The molecule has 0 radical (unpaired) electrons. The summed E-state index contributed by atoms with van der Waals surface area (Å²) in [6.07, 6.45) is 2.60. The van der Waals surface area contributed by atoms with Crippen molar-refractivity contribution in [3.8, 4) is 0 Å². The van der Waals surface area contributed by atoms with Crippen molar-refractivity contribution in [3.63, 3.8) is 0 Å². The first-order valence-corrected chi connectivity index (χ1v) is 10.5. The number of aromatic nitrogens is 3. The van der Waals surface area contributed by atoms with Gasteiger partial charge in [0.05, 0.1) is 6.20 Å². The molecule has 2 N–H and O–H groups in total. The van der Waals surface area contributed by atoms with E-state index in [-0.39, 0.29) is 23.3 Å². The van der Waals surface area contributed by atoms with Crippen LogP contribution in [0.4, 0.5) is 11.6 Å². The molecule has 1 aliphatic heterocycles. The van der Waals surface area contributed by atoms with Crippen molar-refractivity contribution in [2.24, 2.45) is 0 Å². The second kappa shape index (κ2) is 8.02. The molecule has 1 aliphatic rings. The van der Waals surface area contributed by atoms with Crippen LogP contribution in [0.1, 0.15) is 50.0 Å². The quantitative estimate of drug-likeness (QED) is 0.677. The summed E-state index contributed by atoms with van der Waals surface area (Å²) in [5.41, 5.74) is 2.45. The maximum atomic E-state index is 12.6. The molecule has 0 spiro atoms. The number of amides is 2. The SMILES string of the molecule is CC(=O)NC1CCN(c2ccc3nc(NC(=O)c4ccc(C(C)(C)C)cc4)cn3n2)C1. The Morgan fingerprint density at radius 3 is 2.52 bits per heavy atom. The summed E-state index contributed by atoms with van der Waals surface area (Å²) < 4.78 is 1.67. The molecule has 1 saturated heterocycles. The maximum absolute atomic E-state index is 12.6. The third-order valence-corrected chi connectivity index (χ3v) is 5.48. The first-order valence-electron chi connectivity index (χ1n) is 10.5. The van der Waals surface area contributed by atoms with E-state index in [1.165, 1.54) is 12.5 Å². The molecule has 31 heavy (non-hydrogen) atoms. The summed E-state index contributed by atoms with van der Waals surface area (Å²) in [6.45, 7) is 9.51. The number of nitrogens with zero attached hydrogens (tertiary/aromatic N) is 4. The van der Waals surface area contributed by atoms with Gasteiger partial charge in [-0.3, -0.25) is 9.59 Å². The molecule has 0 saturated carbocycles. The standard InChI is InChI=1S/C23H28N6O2/c1-15(30)24-18-11-12-28(13-18)21-10-9-20-25-19(14-29(20)27-21)26-22(31)16-5-7-17(8-6-16)23(2,3)4/h5-10,14,18H,11-13H2,1-4H3,(H,24,30)(H,26,31). The zero-order valence-electron chi connectivity index (χ0n) is 18.3. The van der Waals surface area contributed by atoms with Crippen LogP contribution in [-0.2, 0) is 10.2 Å². The lowest BCUT2D eigenvalue weighted by atomic mass is 9.87. The molecule has 3 heterocycles.